The van der Waals surface area contributed by atoms with Crippen molar-refractivity contribution in [2.75, 3.05) is 31.7 Å². The van der Waals surface area contributed by atoms with Crippen LogP contribution in [0.5, 0.6) is 5.75 Å². The molecule has 292 valence electrons. The van der Waals surface area contributed by atoms with Gasteiger partial charge in [0.15, 0.2) is 0 Å². The van der Waals surface area contributed by atoms with Crippen molar-refractivity contribution >= 4 is 18.1 Å². The number of rotatable bonds is 11. The molecule has 4 aromatic rings. The minimum Gasteiger partial charge on any atom is -0.497 e. The summed E-state index contributed by atoms with van der Waals surface area (Å²) in [7, 11) is 1.61. The van der Waals surface area contributed by atoms with Gasteiger partial charge in [-0.25, -0.2) is 4.39 Å². The molecule has 1 fully saturated rings. The Labute approximate surface area is 322 Å². The highest BCUT2D eigenvalue weighted by atomic mass is 19.1. The largest absolute Gasteiger partial charge is 0.497 e. The highest BCUT2D eigenvalue weighted by molar-refractivity contribution is 5.94. The van der Waals surface area contributed by atoms with Gasteiger partial charge in [0.05, 0.1) is 25.0 Å². The second kappa shape index (κ2) is 20.1. The number of methoxy groups -OCH3 is 1. The molecule has 2 heterocycles. The molecule has 0 atom stereocenters. The number of aromatic nitrogens is 1. The highest BCUT2D eigenvalue weighted by Crippen LogP contribution is 2.41. The molecule has 0 aliphatic carbocycles. The average molecular weight is 742 g/mol. The van der Waals surface area contributed by atoms with Crippen molar-refractivity contribution in [3.63, 3.8) is 0 Å². The van der Waals surface area contributed by atoms with Crippen molar-refractivity contribution in [2.24, 2.45) is 5.41 Å². The van der Waals surface area contributed by atoms with Gasteiger partial charge in [-0.3, -0.25) is 14.6 Å². The van der Waals surface area contributed by atoms with Gasteiger partial charge in [0, 0.05) is 48.7 Å². The van der Waals surface area contributed by atoms with Crippen molar-refractivity contribution in [1.29, 1.82) is 0 Å². The molecule has 5 rings (SSSR count). The van der Waals surface area contributed by atoms with E-state index in [1.807, 2.05) is 0 Å². The Morgan fingerprint density at radius 2 is 1.43 bits per heavy atom. The summed E-state index contributed by atoms with van der Waals surface area (Å²) in [5.41, 5.74) is 9.48. The highest BCUT2D eigenvalue weighted by Gasteiger charge is 2.29. The molecule has 1 aliphatic heterocycles. The van der Waals surface area contributed by atoms with Crippen LogP contribution >= 0.6 is 0 Å². The van der Waals surface area contributed by atoms with Crippen LogP contribution in [0.15, 0.2) is 72.8 Å². The van der Waals surface area contributed by atoms with Gasteiger partial charge in [-0.1, -0.05) is 57.2 Å². The number of carbonyl (C=O) groups excluding carboxylic acids is 2. The monoisotopic (exact) mass is 741 g/mol. The van der Waals surface area contributed by atoms with E-state index >= 15 is 0 Å². The number of halogens is 1. The van der Waals surface area contributed by atoms with Crippen LogP contribution < -0.4 is 9.64 Å². The van der Waals surface area contributed by atoms with Gasteiger partial charge >= 0.3 is 0 Å². The Kier molecular flexibility index (Phi) is 16.2. The molecule has 1 N–H and O–H groups in total. The normalized spacial score (nSPS) is 13.4. The Bertz CT molecular complexity index is 1770. The summed E-state index contributed by atoms with van der Waals surface area (Å²) >= 11 is 0. The van der Waals surface area contributed by atoms with Crippen LogP contribution in [0, 0.1) is 25.1 Å². The first-order chi connectivity index (χ1) is 25.5. The number of pyridine rings is 1. The summed E-state index contributed by atoms with van der Waals surface area (Å²) in [5, 5.41) is 8.52. The van der Waals surface area contributed by atoms with Gasteiger partial charge in [-0.15, -0.1) is 0 Å². The minimum absolute atomic E-state index is 0.0949. The van der Waals surface area contributed by atoms with Gasteiger partial charge in [0.25, 0.3) is 12.4 Å². The van der Waals surface area contributed by atoms with Crippen LogP contribution in [0.2, 0.25) is 0 Å². The number of ether oxygens (including phenoxy) is 2. The first-order valence-corrected chi connectivity index (χ1v) is 18.8. The van der Waals surface area contributed by atoms with E-state index in [-0.39, 0.29) is 11.7 Å². The Morgan fingerprint density at radius 1 is 0.907 bits per heavy atom. The van der Waals surface area contributed by atoms with Crippen LogP contribution in [0.25, 0.3) is 11.1 Å². The molecule has 3 aromatic carbocycles. The lowest BCUT2D eigenvalue weighted by atomic mass is 9.82. The molecular weight excluding hydrogens is 682 g/mol. The SMILES string of the molecule is CC(C)(C)O.CCOC=O.CCc1c(C)nc(C)c(-c2ccc(CN(Cc3ccc(F)cc3)C(=O)c3ccc(OC)cc3)cc2)c1N1CCC(C)(C)CC1. The number of amides is 1. The van der Waals surface area contributed by atoms with Crippen molar-refractivity contribution in [3.05, 3.63) is 112 Å². The molecular formula is C45H60FN3O5. The quantitative estimate of drug-likeness (QED) is 0.153. The molecule has 1 aliphatic rings. The number of anilines is 1. The number of hydrogen-bond acceptors (Lipinski definition) is 7. The number of nitrogens with zero attached hydrogens (tertiary/aromatic N) is 3. The fraction of sp³-hybridized carbons (Fsp3) is 0.444. The zero-order valence-corrected chi connectivity index (χ0v) is 34.0. The third-order valence-electron chi connectivity index (χ3n) is 9.21. The number of benzene rings is 3. The lowest BCUT2D eigenvalue weighted by molar-refractivity contribution is -0.128. The third-order valence-corrected chi connectivity index (χ3v) is 9.21. The number of piperidine rings is 1. The number of carbonyl (C=O) groups is 2. The van der Waals surface area contributed by atoms with Gasteiger partial charge in [0.1, 0.15) is 11.6 Å². The molecule has 9 heteroatoms. The smallest absolute Gasteiger partial charge is 0.293 e. The summed E-state index contributed by atoms with van der Waals surface area (Å²) in [4.78, 5) is 32.3. The molecule has 0 radical (unpaired) electrons. The van der Waals surface area contributed by atoms with Crippen LogP contribution in [0.3, 0.4) is 0 Å². The van der Waals surface area contributed by atoms with E-state index in [2.05, 4.69) is 68.5 Å². The van der Waals surface area contributed by atoms with E-state index in [9.17, 15) is 14.0 Å². The molecule has 0 saturated carbocycles. The zero-order valence-electron chi connectivity index (χ0n) is 34.0. The first-order valence-electron chi connectivity index (χ1n) is 18.8. The summed E-state index contributed by atoms with van der Waals surface area (Å²) in [6, 6.07) is 22.0. The van der Waals surface area contributed by atoms with Crippen LogP contribution in [0.1, 0.15) is 99.7 Å². The summed E-state index contributed by atoms with van der Waals surface area (Å²) < 4.78 is 23.1. The standard InChI is InChI=1S/C38H44FN3O2.C4H10O.C3H6O2/c1-7-34-26(2)40-27(3)35(36(34)41-22-20-38(4,5)21-23-41)30-12-8-28(9-13-30)24-42(25-29-10-16-32(39)17-11-29)37(43)31-14-18-33(44-6)19-15-31;1-4(2,3)5;1-2-5-3-4/h8-19H,7,20-25H2,1-6H3;5H,1-3H3;3H,2H2,1H3. The molecule has 0 unspecified atom stereocenters. The zero-order chi connectivity index (χ0) is 40.1. The first kappa shape index (κ1) is 43.6. The van der Waals surface area contributed by atoms with Crippen molar-refractivity contribution < 1.29 is 28.6 Å². The fourth-order valence-corrected chi connectivity index (χ4v) is 6.31. The summed E-state index contributed by atoms with van der Waals surface area (Å²) in [6.07, 6.45) is 3.27. The Hall–Kier alpha value is -4.76. The molecule has 8 nitrogen and oxygen atoms in total. The van der Waals surface area contributed by atoms with E-state index < -0.39 is 5.60 Å². The lowest BCUT2D eigenvalue weighted by Crippen LogP contribution is -2.38. The molecule has 54 heavy (non-hydrogen) atoms. The van der Waals surface area contributed by atoms with Gasteiger partial charge in [0.2, 0.25) is 0 Å². The van der Waals surface area contributed by atoms with Gasteiger partial charge in [-0.2, -0.15) is 0 Å². The topological polar surface area (TPSA) is 92.2 Å². The third kappa shape index (κ3) is 13.3. The van der Waals surface area contributed by atoms with E-state index in [1.54, 1.807) is 76.1 Å². The predicted molar refractivity (Wildman–Crippen MR) is 216 cm³/mol. The van der Waals surface area contributed by atoms with Crippen LogP contribution in [-0.2, 0) is 29.0 Å². The van der Waals surface area contributed by atoms with Crippen LogP contribution in [0.4, 0.5) is 10.1 Å². The fourth-order valence-electron chi connectivity index (χ4n) is 6.31. The number of hydrogen-bond donors (Lipinski definition) is 1. The summed E-state index contributed by atoms with van der Waals surface area (Å²) in [6.45, 7) is 22.0. The van der Waals surface area contributed by atoms with Crippen LogP contribution in [-0.4, -0.2) is 59.8 Å². The van der Waals surface area contributed by atoms with E-state index in [0.29, 0.717) is 42.9 Å². The maximum atomic E-state index is 13.7. The van der Waals surface area contributed by atoms with Gasteiger partial charge < -0.3 is 24.4 Å². The molecule has 1 amide bonds. The molecule has 0 spiro atoms. The lowest BCUT2D eigenvalue weighted by Gasteiger charge is -2.40. The van der Waals surface area contributed by atoms with Gasteiger partial charge in [-0.05, 0) is 125 Å². The van der Waals surface area contributed by atoms with E-state index in [1.165, 1.54) is 41.8 Å². The van der Waals surface area contributed by atoms with E-state index in [0.717, 1.165) is 47.6 Å². The van der Waals surface area contributed by atoms with Crippen molar-refractivity contribution in [2.45, 2.75) is 100 Å². The Balaban J connectivity index is 0.000000695. The van der Waals surface area contributed by atoms with Crippen molar-refractivity contribution in [1.82, 2.24) is 9.88 Å². The number of aryl methyl sites for hydroxylation is 2. The second-order valence-corrected chi connectivity index (χ2v) is 15.4. The predicted octanol–water partition coefficient (Wildman–Crippen LogP) is 9.50. The Morgan fingerprint density at radius 3 is 1.87 bits per heavy atom. The average Bonchev–Trinajstić information content (AvgIpc) is 3.12. The molecule has 1 aromatic heterocycles. The molecule has 1 saturated heterocycles. The maximum Gasteiger partial charge on any atom is 0.293 e. The summed E-state index contributed by atoms with van der Waals surface area (Å²) in [5.74, 6) is 0.307. The second-order valence-electron chi connectivity index (χ2n) is 15.4. The van der Waals surface area contributed by atoms with Crippen molar-refractivity contribution in [3.8, 4) is 16.9 Å². The number of aliphatic hydroxyl groups is 1. The maximum absolute atomic E-state index is 13.7. The minimum atomic E-state index is -0.500. The molecule has 0 bridgehead atoms. The van der Waals surface area contributed by atoms with E-state index in [4.69, 9.17) is 14.8 Å².